The summed E-state index contributed by atoms with van der Waals surface area (Å²) in [4.78, 5) is 2.37. The van der Waals surface area contributed by atoms with Crippen molar-refractivity contribution in [3.63, 3.8) is 0 Å². The topological polar surface area (TPSA) is 15.3 Å². The zero-order valence-corrected chi connectivity index (χ0v) is 21.6. The van der Waals surface area contributed by atoms with Crippen LogP contribution in [0.2, 0.25) is 0 Å². The molecule has 2 nitrogen and oxygen atoms in total. The first kappa shape index (κ1) is 24.4. The zero-order chi connectivity index (χ0) is 25.5. The van der Waals surface area contributed by atoms with Crippen molar-refractivity contribution in [2.45, 2.75) is 32.2 Å². The molecule has 0 fully saturated rings. The molecule has 0 saturated heterocycles. The van der Waals surface area contributed by atoms with Gasteiger partial charge in [0.1, 0.15) is 0 Å². The molecule has 0 atom stereocenters. The van der Waals surface area contributed by atoms with Crippen molar-refractivity contribution in [2.24, 2.45) is 0 Å². The number of benzene rings is 5. The van der Waals surface area contributed by atoms with Gasteiger partial charge < -0.3 is 10.2 Å². The summed E-state index contributed by atoms with van der Waals surface area (Å²) in [5.41, 5.74) is 8.14. The molecular formula is C35H34N2. The molecule has 0 saturated carbocycles. The number of nitrogens with one attached hydrogen (secondary N) is 1. The van der Waals surface area contributed by atoms with Gasteiger partial charge in [0.05, 0.1) is 11.2 Å². The molecule has 37 heavy (non-hydrogen) atoms. The number of hydrogen-bond acceptors (Lipinski definition) is 2. The molecule has 0 heterocycles. The van der Waals surface area contributed by atoms with Crippen LogP contribution in [-0.4, -0.2) is 0 Å². The quantitative estimate of drug-likeness (QED) is 0.225. The van der Waals surface area contributed by atoms with E-state index in [0.717, 1.165) is 29.9 Å². The molecule has 2 heteroatoms. The monoisotopic (exact) mass is 482 g/mol. The summed E-state index contributed by atoms with van der Waals surface area (Å²) in [5, 5.41) is 3.96. The van der Waals surface area contributed by atoms with Gasteiger partial charge in [0, 0.05) is 22.6 Å². The lowest BCUT2D eigenvalue weighted by atomic mass is 9.82. The number of rotatable bonds is 9. The fourth-order valence-electron chi connectivity index (χ4n) is 5.18. The van der Waals surface area contributed by atoms with Crippen LogP contribution >= 0.6 is 0 Å². The maximum atomic E-state index is 3.96. The van der Waals surface area contributed by atoms with Crippen molar-refractivity contribution < 1.29 is 0 Å². The highest BCUT2D eigenvalue weighted by Crippen LogP contribution is 2.44. The molecule has 5 rings (SSSR count). The van der Waals surface area contributed by atoms with Crippen LogP contribution in [0.4, 0.5) is 22.7 Å². The summed E-state index contributed by atoms with van der Waals surface area (Å²) in [7, 11) is 0. The summed E-state index contributed by atoms with van der Waals surface area (Å²) in [6.07, 6.45) is 1.91. The minimum Gasteiger partial charge on any atom is -0.375 e. The molecule has 0 radical (unpaired) electrons. The minimum atomic E-state index is -0.229. The summed E-state index contributed by atoms with van der Waals surface area (Å²) < 4.78 is 0. The SMILES string of the molecule is CCC(CC)(Nc1ccc(-c2ccccc2)cc1)c1ccccc1N(c1ccccc1)c1ccccc1. The van der Waals surface area contributed by atoms with Crippen LogP contribution in [0.25, 0.3) is 11.1 Å². The van der Waals surface area contributed by atoms with Crippen LogP contribution in [0.15, 0.2) is 140 Å². The smallest absolute Gasteiger partial charge is 0.0640 e. The van der Waals surface area contributed by atoms with Gasteiger partial charge in [-0.05, 0) is 66.4 Å². The van der Waals surface area contributed by atoms with Crippen LogP contribution in [0.5, 0.6) is 0 Å². The van der Waals surface area contributed by atoms with Gasteiger partial charge in [0.15, 0.2) is 0 Å². The van der Waals surface area contributed by atoms with E-state index in [9.17, 15) is 0 Å². The lowest BCUT2D eigenvalue weighted by Crippen LogP contribution is -2.35. The fourth-order valence-corrected chi connectivity index (χ4v) is 5.18. The maximum absolute atomic E-state index is 3.96. The van der Waals surface area contributed by atoms with E-state index < -0.39 is 0 Å². The van der Waals surface area contributed by atoms with E-state index in [-0.39, 0.29) is 5.54 Å². The first-order chi connectivity index (χ1) is 18.2. The molecular weight excluding hydrogens is 448 g/mol. The molecule has 0 amide bonds. The van der Waals surface area contributed by atoms with Gasteiger partial charge in [-0.2, -0.15) is 0 Å². The average molecular weight is 483 g/mol. The molecule has 0 bridgehead atoms. The Morgan fingerprint density at radius 1 is 0.514 bits per heavy atom. The van der Waals surface area contributed by atoms with Crippen LogP contribution < -0.4 is 10.2 Å². The number of hydrogen-bond donors (Lipinski definition) is 1. The number of anilines is 4. The number of nitrogens with zero attached hydrogens (tertiary/aromatic N) is 1. The molecule has 1 N–H and O–H groups in total. The summed E-state index contributed by atoms with van der Waals surface area (Å²) in [6, 6.07) is 49.5. The standard InChI is InChI=1S/C35H34N2/c1-3-35(4-2,36-30-26-24-29(25-27-30)28-16-8-5-9-17-28)33-22-14-15-23-34(33)37(31-18-10-6-11-19-31)32-20-12-7-13-21-32/h5-27,36H,3-4H2,1-2H3. The normalized spacial score (nSPS) is 11.2. The highest BCUT2D eigenvalue weighted by molar-refractivity contribution is 5.79. The van der Waals surface area contributed by atoms with E-state index in [1.165, 1.54) is 22.4 Å². The van der Waals surface area contributed by atoms with E-state index in [4.69, 9.17) is 0 Å². The van der Waals surface area contributed by atoms with Crippen molar-refractivity contribution in [3.8, 4) is 11.1 Å². The van der Waals surface area contributed by atoms with E-state index >= 15 is 0 Å². The van der Waals surface area contributed by atoms with E-state index in [0.29, 0.717) is 0 Å². The van der Waals surface area contributed by atoms with Gasteiger partial charge in [-0.1, -0.05) is 111 Å². The molecule has 0 aliphatic rings. The fraction of sp³-hybridized carbons (Fsp3) is 0.143. The van der Waals surface area contributed by atoms with Crippen LogP contribution in [0.1, 0.15) is 32.3 Å². The molecule has 0 aliphatic heterocycles. The highest BCUT2D eigenvalue weighted by Gasteiger charge is 2.32. The summed E-state index contributed by atoms with van der Waals surface area (Å²) in [6.45, 7) is 4.56. The molecule has 5 aromatic carbocycles. The minimum absolute atomic E-state index is 0.229. The molecule has 0 aromatic heterocycles. The van der Waals surface area contributed by atoms with Crippen molar-refractivity contribution in [1.29, 1.82) is 0 Å². The molecule has 5 aromatic rings. The Labute approximate surface area is 221 Å². The third-order valence-electron chi connectivity index (χ3n) is 7.27. The maximum Gasteiger partial charge on any atom is 0.0640 e. The molecule has 0 aliphatic carbocycles. The third-order valence-corrected chi connectivity index (χ3v) is 7.27. The summed E-state index contributed by atoms with van der Waals surface area (Å²) in [5.74, 6) is 0. The Morgan fingerprint density at radius 3 is 1.51 bits per heavy atom. The van der Waals surface area contributed by atoms with Gasteiger partial charge in [0.2, 0.25) is 0 Å². The Hall–Kier alpha value is -4.30. The van der Waals surface area contributed by atoms with Crippen molar-refractivity contribution in [1.82, 2.24) is 0 Å². The third kappa shape index (κ3) is 5.15. The van der Waals surface area contributed by atoms with Crippen LogP contribution in [0, 0.1) is 0 Å². The Bertz CT molecular complexity index is 1350. The molecule has 0 spiro atoms. The Balaban J connectivity index is 1.57. The second-order valence-electron chi connectivity index (χ2n) is 9.38. The predicted molar refractivity (Wildman–Crippen MR) is 159 cm³/mol. The van der Waals surface area contributed by atoms with Gasteiger partial charge in [-0.3, -0.25) is 0 Å². The first-order valence-electron chi connectivity index (χ1n) is 13.2. The van der Waals surface area contributed by atoms with Gasteiger partial charge in [-0.15, -0.1) is 0 Å². The number of para-hydroxylation sites is 3. The lowest BCUT2D eigenvalue weighted by Gasteiger charge is -2.39. The average Bonchev–Trinajstić information content (AvgIpc) is 2.98. The van der Waals surface area contributed by atoms with Crippen LogP contribution in [-0.2, 0) is 5.54 Å². The largest absolute Gasteiger partial charge is 0.375 e. The van der Waals surface area contributed by atoms with E-state index in [2.05, 4.69) is 164 Å². The van der Waals surface area contributed by atoms with Crippen molar-refractivity contribution >= 4 is 22.7 Å². The Morgan fingerprint density at radius 2 is 0.973 bits per heavy atom. The van der Waals surface area contributed by atoms with Gasteiger partial charge in [0.25, 0.3) is 0 Å². The molecule has 184 valence electrons. The lowest BCUT2D eigenvalue weighted by molar-refractivity contribution is 0.455. The van der Waals surface area contributed by atoms with Gasteiger partial charge in [-0.25, -0.2) is 0 Å². The highest BCUT2D eigenvalue weighted by atomic mass is 15.2. The van der Waals surface area contributed by atoms with Crippen LogP contribution in [0.3, 0.4) is 0 Å². The van der Waals surface area contributed by atoms with Gasteiger partial charge >= 0.3 is 0 Å². The zero-order valence-electron chi connectivity index (χ0n) is 21.6. The Kier molecular flexibility index (Phi) is 7.37. The summed E-state index contributed by atoms with van der Waals surface area (Å²) >= 11 is 0. The van der Waals surface area contributed by atoms with Crippen molar-refractivity contribution in [2.75, 3.05) is 10.2 Å². The molecule has 0 unspecified atom stereocenters. The first-order valence-corrected chi connectivity index (χ1v) is 13.2. The second-order valence-corrected chi connectivity index (χ2v) is 9.38. The van der Waals surface area contributed by atoms with Crippen molar-refractivity contribution in [3.05, 3.63) is 145 Å². The van der Waals surface area contributed by atoms with E-state index in [1.807, 2.05) is 0 Å². The predicted octanol–water partition coefficient (Wildman–Crippen LogP) is 9.95. The van der Waals surface area contributed by atoms with E-state index in [1.54, 1.807) is 0 Å². The second kappa shape index (κ2) is 11.2.